The minimum Gasteiger partial charge on any atom is -0.483 e. The molecule has 5 heteroatoms. The van der Waals surface area contributed by atoms with Gasteiger partial charge in [-0.2, -0.15) is 0 Å². The summed E-state index contributed by atoms with van der Waals surface area (Å²) < 4.78 is 5.39. The molecular formula is C12H17ClN2O2. The lowest BCUT2D eigenvalue weighted by Crippen LogP contribution is -2.29. The molecular weight excluding hydrogens is 240 g/mol. The summed E-state index contributed by atoms with van der Waals surface area (Å²) in [6, 6.07) is 5.17. The minimum absolute atomic E-state index is 0.00533. The SMILES string of the molecule is CCCNC(=O)COc1ccc(Cl)cc1CN. The summed E-state index contributed by atoms with van der Waals surface area (Å²) in [5, 5.41) is 3.34. The van der Waals surface area contributed by atoms with Crippen molar-refractivity contribution in [1.29, 1.82) is 0 Å². The van der Waals surface area contributed by atoms with Gasteiger partial charge in [-0.05, 0) is 24.6 Å². The molecule has 0 aliphatic rings. The number of halogens is 1. The molecule has 0 radical (unpaired) electrons. The van der Waals surface area contributed by atoms with Gasteiger partial charge in [0.1, 0.15) is 5.75 Å². The lowest BCUT2D eigenvalue weighted by atomic mass is 10.2. The second-order valence-electron chi connectivity index (χ2n) is 3.59. The van der Waals surface area contributed by atoms with Gasteiger partial charge in [0.2, 0.25) is 0 Å². The van der Waals surface area contributed by atoms with Crippen molar-refractivity contribution in [2.75, 3.05) is 13.2 Å². The number of carbonyl (C=O) groups is 1. The Kier molecular flexibility index (Phi) is 5.80. The van der Waals surface area contributed by atoms with Crippen molar-refractivity contribution < 1.29 is 9.53 Å². The highest BCUT2D eigenvalue weighted by molar-refractivity contribution is 6.30. The van der Waals surface area contributed by atoms with Crippen molar-refractivity contribution >= 4 is 17.5 Å². The zero-order valence-corrected chi connectivity index (χ0v) is 10.6. The molecule has 3 N–H and O–H groups in total. The van der Waals surface area contributed by atoms with E-state index in [1.54, 1.807) is 18.2 Å². The maximum atomic E-state index is 11.3. The lowest BCUT2D eigenvalue weighted by Gasteiger charge is -2.10. The predicted octanol–water partition coefficient (Wildman–Crippen LogP) is 1.70. The fraction of sp³-hybridized carbons (Fsp3) is 0.417. The van der Waals surface area contributed by atoms with Gasteiger partial charge < -0.3 is 15.8 Å². The third-order valence-electron chi connectivity index (χ3n) is 2.17. The first-order valence-corrected chi connectivity index (χ1v) is 5.93. The van der Waals surface area contributed by atoms with E-state index in [-0.39, 0.29) is 12.5 Å². The van der Waals surface area contributed by atoms with Crippen LogP contribution in [0.15, 0.2) is 18.2 Å². The first kappa shape index (κ1) is 13.8. The Morgan fingerprint density at radius 3 is 2.94 bits per heavy atom. The first-order chi connectivity index (χ1) is 8.17. The number of carbonyl (C=O) groups excluding carboxylic acids is 1. The van der Waals surface area contributed by atoms with Crippen LogP contribution in [0.5, 0.6) is 5.75 Å². The van der Waals surface area contributed by atoms with E-state index in [9.17, 15) is 4.79 Å². The number of amides is 1. The molecule has 1 aromatic rings. The van der Waals surface area contributed by atoms with E-state index in [1.165, 1.54) is 0 Å². The van der Waals surface area contributed by atoms with Gasteiger partial charge in [-0.3, -0.25) is 4.79 Å². The monoisotopic (exact) mass is 256 g/mol. The number of nitrogens with one attached hydrogen (secondary N) is 1. The van der Waals surface area contributed by atoms with Crippen LogP contribution in [0, 0.1) is 0 Å². The van der Waals surface area contributed by atoms with Crippen LogP contribution in [0.1, 0.15) is 18.9 Å². The number of hydrogen-bond donors (Lipinski definition) is 2. The Hall–Kier alpha value is -1.26. The van der Waals surface area contributed by atoms with Crippen LogP contribution < -0.4 is 15.8 Å². The molecule has 94 valence electrons. The van der Waals surface area contributed by atoms with Crippen LogP contribution in [-0.4, -0.2) is 19.1 Å². The van der Waals surface area contributed by atoms with Crippen LogP contribution in [0.4, 0.5) is 0 Å². The summed E-state index contributed by atoms with van der Waals surface area (Å²) in [6.45, 7) is 2.97. The molecule has 4 nitrogen and oxygen atoms in total. The molecule has 0 aromatic heterocycles. The average molecular weight is 257 g/mol. The van der Waals surface area contributed by atoms with Crippen LogP contribution >= 0.6 is 11.6 Å². The number of nitrogens with two attached hydrogens (primary N) is 1. The molecule has 0 aliphatic carbocycles. The summed E-state index contributed by atoms with van der Waals surface area (Å²) in [7, 11) is 0. The molecule has 0 heterocycles. The Morgan fingerprint density at radius 2 is 2.29 bits per heavy atom. The summed E-state index contributed by atoms with van der Waals surface area (Å²) in [4.78, 5) is 11.3. The average Bonchev–Trinajstić information content (AvgIpc) is 2.34. The van der Waals surface area contributed by atoms with E-state index in [4.69, 9.17) is 22.1 Å². The van der Waals surface area contributed by atoms with E-state index < -0.39 is 0 Å². The molecule has 0 atom stereocenters. The Balaban J connectivity index is 2.54. The highest BCUT2D eigenvalue weighted by atomic mass is 35.5. The topological polar surface area (TPSA) is 64.3 Å². The quantitative estimate of drug-likeness (QED) is 0.814. The fourth-order valence-corrected chi connectivity index (χ4v) is 1.50. The van der Waals surface area contributed by atoms with Gasteiger partial charge in [0, 0.05) is 23.7 Å². The number of benzene rings is 1. The van der Waals surface area contributed by atoms with Crippen molar-refractivity contribution in [3.8, 4) is 5.75 Å². The van der Waals surface area contributed by atoms with E-state index in [0.29, 0.717) is 23.9 Å². The standard InChI is InChI=1S/C12H17ClN2O2/c1-2-5-15-12(16)8-17-11-4-3-10(13)6-9(11)7-14/h3-4,6H,2,5,7-8,14H2,1H3,(H,15,16). The summed E-state index contributed by atoms with van der Waals surface area (Å²) in [5.74, 6) is 0.466. The van der Waals surface area contributed by atoms with Crippen molar-refractivity contribution in [2.24, 2.45) is 5.73 Å². The molecule has 0 bridgehead atoms. The molecule has 17 heavy (non-hydrogen) atoms. The molecule has 0 saturated carbocycles. The van der Waals surface area contributed by atoms with Crippen LogP contribution in [0.2, 0.25) is 5.02 Å². The number of rotatable bonds is 6. The molecule has 0 unspecified atom stereocenters. The largest absolute Gasteiger partial charge is 0.483 e. The maximum absolute atomic E-state index is 11.3. The highest BCUT2D eigenvalue weighted by Gasteiger charge is 2.06. The van der Waals surface area contributed by atoms with Crippen LogP contribution in [-0.2, 0) is 11.3 Å². The molecule has 0 spiro atoms. The van der Waals surface area contributed by atoms with Crippen molar-refractivity contribution in [2.45, 2.75) is 19.9 Å². The summed E-state index contributed by atoms with van der Waals surface area (Å²) in [6.07, 6.45) is 0.904. The zero-order chi connectivity index (χ0) is 12.7. The molecule has 1 aromatic carbocycles. The number of ether oxygens (including phenoxy) is 1. The second kappa shape index (κ2) is 7.14. The normalized spacial score (nSPS) is 10.1. The third kappa shape index (κ3) is 4.63. The molecule has 0 fully saturated rings. The van der Waals surface area contributed by atoms with Gasteiger partial charge in [0.15, 0.2) is 6.61 Å². The van der Waals surface area contributed by atoms with E-state index >= 15 is 0 Å². The van der Waals surface area contributed by atoms with Gasteiger partial charge in [0.05, 0.1) is 0 Å². The highest BCUT2D eigenvalue weighted by Crippen LogP contribution is 2.22. The Bertz CT molecular complexity index is 383. The van der Waals surface area contributed by atoms with Crippen molar-refractivity contribution in [1.82, 2.24) is 5.32 Å². The van der Waals surface area contributed by atoms with Gasteiger partial charge in [0.25, 0.3) is 5.91 Å². The minimum atomic E-state index is -0.134. The smallest absolute Gasteiger partial charge is 0.257 e. The van der Waals surface area contributed by atoms with Gasteiger partial charge >= 0.3 is 0 Å². The maximum Gasteiger partial charge on any atom is 0.257 e. The van der Waals surface area contributed by atoms with Crippen LogP contribution in [0.25, 0.3) is 0 Å². The van der Waals surface area contributed by atoms with E-state index in [2.05, 4.69) is 5.32 Å². The molecule has 1 rings (SSSR count). The van der Waals surface area contributed by atoms with E-state index in [1.807, 2.05) is 6.92 Å². The summed E-state index contributed by atoms with van der Waals surface area (Å²) in [5.41, 5.74) is 6.36. The lowest BCUT2D eigenvalue weighted by molar-refractivity contribution is -0.123. The second-order valence-corrected chi connectivity index (χ2v) is 4.03. The van der Waals surface area contributed by atoms with Crippen molar-refractivity contribution in [3.63, 3.8) is 0 Å². The van der Waals surface area contributed by atoms with Gasteiger partial charge in [-0.15, -0.1) is 0 Å². The molecule has 0 saturated heterocycles. The number of hydrogen-bond acceptors (Lipinski definition) is 3. The predicted molar refractivity (Wildman–Crippen MR) is 68.1 cm³/mol. The molecule has 0 aliphatic heterocycles. The fourth-order valence-electron chi connectivity index (χ4n) is 1.31. The zero-order valence-electron chi connectivity index (χ0n) is 9.83. The first-order valence-electron chi connectivity index (χ1n) is 5.55. The van der Waals surface area contributed by atoms with Gasteiger partial charge in [-0.1, -0.05) is 18.5 Å². The van der Waals surface area contributed by atoms with Crippen LogP contribution in [0.3, 0.4) is 0 Å². The van der Waals surface area contributed by atoms with Gasteiger partial charge in [-0.25, -0.2) is 0 Å². The Morgan fingerprint density at radius 1 is 1.53 bits per heavy atom. The van der Waals surface area contributed by atoms with Crippen molar-refractivity contribution in [3.05, 3.63) is 28.8 Å². The Labute approximate surface area is 106 Å². The summed E-state index contributed by atoms with van der Waals surface area (Å²) >= 11 is 5.84. The van der Waals surface area contributed by atoms with E-state index in [0.717, 1.165) is 12.0 Å². The molecule has 1 amide bonds. The third-order valence-corrected chi connectivity index (χ3v) is 2.41.